The van der Waals surface area contributed by atoms with Gasteiger partial charge in [0.1, 0.15) is 0 Å². The summed E-state index contributed by atoms with van der Waals surface area (Å²) in [7, 11) is 1.45. The van der Waals surface area contributed by atoms with E-state index < -0.39 is 0 Å². The van der Waals surface area contributed by atoms with Crippen LogP contribution in [0.15, 0.2) is 57.6 Å². The summed E-state index contributed by atoms with van der Waals surface area (Å²) in [6.45, 7) is 14.9. The molecule has 4 fully saturated rings. The van der Waals surface area contributed by atoms with Crippen LogP contribution in [0.1, 0.15) is 113 Å². The van der Waals surface area contributed by atoms with Crippen molar-refractivity contribution in [2.24, 2.45) is 11.8 Å². The normalized spacial score (nSPS) is 18.8. The Hall–Kier alpha value is -4.90. The molecule has 1 N–H and O–H groups in total. The monoisotopic (exact) mass is 911 g/mol. The predicted octanol–water partition coefficient (Wildman–Crippen LogP) is 7.98. The van der Waals surface area contributed by atoms with E-state index in [1.165, 1.54) is 52.4 Å². The predicted molar refractivity (Wildman–Crippen MR) is 252 cm³/mol. The quantitative estimate of drug-likeness (QED) is 0.126. The number of carbonyl (C=O) groups excluding carboxylic acids is 1. The number of aryl methyl sites for hydroxylation is 2. The van der Waals surface area contributed by atoms with E-state index in [0.29, 0.717) is 29.7 Å². The molecule has 10 rings (SSSR count). The van der Waals surface area contributed by atoms with Crippen molar-refractivity contribution in [2.75, 3.05) is 72.6 Å². The van der Waals surface area contributed by atoms with Gasteiger partial charge in [-0.05, 0) is 164 Å². The minimum Gasteiger partial charge on any atom is -0.453 e. The number of ether oxygens (including phenoxy) is 1. The number of benzene rings is 2. The fourth-order valence-electron chi connectivity index (χ4n) is 10.3. The SMILES string of the molecule is CCc1nn(-c2noc(C3CCN(CCC4CCN(C(=O)OC)CC4)CC3)n2)c2ccccc12.CCc1nn(-c2noc(C3CCN(CCC4CCNCC4)CC3)n2)c2ccccc12.Cl. The number of nitrogens with one attached hydrogen (secondary N) is 1. The number of nitrogens with zero attached hydrogens (tertiary/aromatic N) is 11. The van der Waals surface area contributed by atoms with Crippen LogP contribution in [0.4, 0.5) is 4.79 Å². The lowest BCUT2D eigenvalue weighted by atomic mass is 9.92. The standard InChI is InChI=1S/C25H34N6O3.C23H32N6O.ClH/c1-3-21-20-6-4-5-7-22(20)31(27-21)24-26-23(34-28-24)19-11-14-29(15-12-19)13-8-18-9-16-30(17-10-18)25(32)33-2;1-2-20-19-5-3-4-6-21(19)29(26-20)23-25-22(30-27-23)18-10-15-28(16-11-18)14-9-17-7-12-24-13-8-17;/h4-7,18-19H,3,8-17H2,1-2H3;3-6,17-18,24H,2,7-16H2,1H3;1H. The van der Waals surface area contributed by atoms with Crippen molar-refractivity contribution in [3.8, 4) is 11.9 Å². The van der Waals surface area contributed by atoms with Gasteiger partial charge in [0.15, 0.2) is 0 Å². The van der Waals surface area contributed by atoms with Gasteiger partial charge >= 0.3 is 6.09 Å². The molecule has 4 aliphatic rings. The number of carbonyl (C=O) groups is 1. The van der Waals surface area contributed by atoms with Gasteiger partial charge in [-0.25, -0.2) is 4.79 Å². The van der Waals surface area contributed by atoms with E-state index in [4.69, 9.17) is 33.9 Å². The molecule has 4 aliphatic heterocycles. The van der Waals surface area contributed by atoms with Crippen LogP contribution in [-0.4, -0.2) is 133 Å². The number of likely N-dealkylation sites (tertiary alicyclic amines) is 3. The third-order valence-electron chi connectivity index (χ3n) is 14.3. The number of rotatable bonds is 12. The molecule has 4 aromatic heterocycles. The fourth-order valence-corrected chi connectivity index (χ4v) is 10.3. The second kappa shape index (κ2) is 22.1. The highest BCUT2D eigenvalue weighted by Crippen LogP contribution is 2.31. The van der Waals surface area contributed by atoms with Gasteiger partial charge < -0.3 is 33.8 Å². The number of halogens is 1. The Morgan fingerprint density at radius 3 is 1.54 bits per heavy atom. The summed E-state index contributed by atoms with van der Waals surface area (Å²) in [6, 6.07) is 16.4. The number of hydrogen-bond donors (Lipinski definition) is 1. The summed E-state index contributed by atoms with van der Waals surface area (Å²) in [4.78, 5) is 28.1. The molecule has 4 saturated heterocycles. The van der Waals surface area contributed by atoms with Crippen LogP contribution >= 0.6 is 12.4 Å². The van der Waals surface area contributed by atoms with Crippen LogP contribution in [-0.2, 0) is 17.6 Å². The minimum absolute atomic E-state index is 0. The Bertz CT molecular complexity index is 2420. The van der Waals surface area contributed by atoms with Gasteiger partial charge in [-0.1, -0.05) is 50.2 Å². The molecule has 0 bridgehead atoms. The third kappa shape index (κ3) is 10.9. The molecule has 0 radical (unpaired) electrons. The van der Waals surface area contributed by atoms with Crippen LogP contribution in [0.5, 0.6) is 0 Å². The van der Waals surface area contributed by atoms with Gasteiger partial charge in [0.05, 0.1) is 29.5 Å². The lowest BCUT2D eigenvalue weighted by Gasteiger charge is -2.34. The molecule has 65 heavy (non-hydrogen) atoms. The summed E-state index contributed by atoms with van der Waals surface area (Å²) < 4.78 is 19.9. The van der Waals surface area contributed by atoms with E-state index in [0.717, 1.165) is 148 Å². The highest BCUT2D eigenvalue weighted by Gasteiger charge is 2.29. The summed E-state index contributed by atoms with van der Waals surface area (Å²) in [5.41, 5.74) is 4.17. The first kappa shape index (κ1) is 46.6. The maximum absolute atomic E-state index is 11.7. The topological polar surface area (TPSA) is 162 Å². The van der Waals surface area contributed by atoms with Crippen LogP contribution in [0.2, 0.25) is 0 Å². The van der Waals surface area contributed by atoms with Gasteiger partial charge in [0, 0.05) is 35.7 Å². The average Bonchev–Trinajstić information content (AvgIpc) is 4.19. The zero-order chi connectivity index (χ0) is 43.8. The first-order valence-corrected chi connectivity index (χ1v) is 24.1. The fraction of sp³-hybridized carbons (Fsp3) is 0.604. The smallest absolute Gasteiger partial charge is 0.409 e. The second-order valence-electron chi connectivity index (χ2n) is 18.2. The van der Waals surface area contributed by atoms with Gasteiger partial charge in [0.2, 0.25) is 11.8 Å². The van der Waals surface area contributed by atoms with Gasteiger partial charge in [-0.2, -0.15) is 29.5 Å². The number of methoxy groups -OCH3 is 1. The second-order valence-corrected chi connectivity index (χ2v) is 18.2. The van der Waals surface area contributed by atoms with E-state index >= 15 is 0 Å². The lowest BCUT2D eigenvalue weighted by Crippen LogP contribution is -2.40. The minimum atomic E-state index is -0.198. The number of aromatic nitrogens is 8. The van der Waals surface area contributed by atoms with Crippen LogP contribution in [0, 0.1) is 11.8 Å². The molecule has 350 valence electrons. The Balaban J connectivity index is 0.000000176. The number of fused-ring (bicyclic) bond motifs is 2. The van der Waals surface area contributed by atoms with Gasteiger partial charge in [-0.3, -0.25) is 0 Å². The molecule has 0 spiro atoms. The molecule has 0 saturated carbocycles. The Morgan fingerprint density at radius 2 is 1.09 bits per heavy atom. The molecule has 1 amide bonds. The van der Waals surface area contributed by atoms with Crippen molar-refractivity contribution in [1.82, 2.24) is 59.9 Å². The van der Waals surface area contributed by atoms with Crippen molar-refractivity contribution in [1.29, 1.82) is 0 Å². The maximum Gasteiger partial charge on any atom is 0.409 e. The van der Waals surface area contributed by atoms with Crippen molar-refractivity contribution in [3.63, 3.8) is 0 Å². The third-order valence-corrected chi connectivity index (χ3v) is 14.3. The number of piperidine rings is 4. The molecule has 8 heterocycles. The molecule has 2 aromatic carbocycles. The molecular formula is C48H67ClN12O4. The number of amides is 1. The Morgan fingerprint density at radius 1 is 0.646 bits per heavy atom. The molecule has 0 unspecified atom stereocenters. The lowest BCUT2D eigenvalue weighted by molar-refractivity contribution is 0.101. The first-order chi connectivity index (χ1) is 31.5. The Labute approximate surface area is 388 Å². The summed E-state index contributed by atoms with van der Waals surface area (Å²) in [5, 5.41) is 23.8. The molecule has 0 atom stereocenters. The maximum atomic E-state index is 11.7. The Kier molecular flexibility index (Phi) is 15.8. The van der Waals surface area contributed by atoms with Crippen molar-refractivity contribution < 1.29 is 18.6 Å². The van der Waals surface area contributed by atoms with Crippen LogP contribution in [0.25, 0.3) is 33.7 Å². The largest absolute Gasteiger partial charge is 0.453 e. The highest BCUT2D eigenvalue weighted by molar-refractivity contribution is 5.85. The molecule has 0 aliphatic carbocycles. The zero-order valence-corrected chi connectivity index (χ0v) is 39.3. The summed E-state index contributed by atoms with van der Waals surface area (Å²) >= 11 is 0. The zero-order valence-electron chi connectivity index (χ0n) is 38.4. The van der Waals surface area contributed by atoms with Gasteiger partial charge in [-0.15, -0.1) is 12.4 Å². The van der Waals surface area contributed by atoms with Crippen molar-refractivity contribution in [2.45, 2.75) is 103 Å². The van der Waals surface area contributed by atoms with E-state index in [1.807, 2.05) is 38.5 Å². The number of hydrogen-bond acceptors (Lipinski definition) is 13. The summed E-state index contributed by atoms with van der Waals surface area (Å²) in [6.07, 6.45) is 13.1. The van der Waals surface area contributed by atoms with E-state index in [1.54, 1.807) is 0 Å². The highest BCUT2D eigenvalue weighted by atomic mass is 35.5. The van der Waals surface area contributed by atoms with Gasteiger partial charge in [0.25, 0.3) is 11.9 Å². The van der Waals surface area contributed by atoms with E-state index in [-0.39, 0.29) is 18.5 Å². The molecular weight excluding hydrogens is 844 g/mol. The molecule has 6 aromatic rings. The average molecular weight is 912 g/mol. The van der Waals surface area contributed by atoms with Crippen molar-refractivity contribution in [3.05, 3.63) is 71.7 Å². The van der Waals surface area contributed by atoms with E-state index in [2.05, 4.69) is 63.5 Å². The van der Waals surface area contributed by atoms with Crippen molar-refractivity contribution >= 4 is 40.3 Å². The van der Waals surface area contributed by atoms with E-state index in [9.17, 15) is 4.79 Å². The summed E-state index contributed by atoms with van der Waals surface area (Å²) in [5.74, 6) is 4.81. The molecule has 16 nitrogen and oxygen atoms in total. The number of para-hydroxylation sites is 2. The molecule has 17 heteroatoms. The van der Waals surface area contributed by atoms with Crippen LogP contribution in [0.3, 0.4) is 0 Å². The van der Waals surface area contributed by atoms with Crippen LogP contribution < -0.4 is 5.32 Å². The first-order valence-electron chi connectivity index (χ1n) is 24.1.